The van der Waals surface area contributed by atoms with Crippen molar-refractivity contribution in [3.8, 4) is 12.3 Å². The summed E-state index contributed by atoms with van der Waals surface area (Å²) in [7, 11) is 0. The maximum atomic E-state index is 11.6. The van der Waals surface area contributed by atoms with Crippen molar-refractivity contribution in [3.63, 3.8) is 0 Å². The SMILES string of the molecule is C#CCC(N)C(=O)NCC1(O)CCC(C)(C)CC1. The van der Waals surface area contributed by atoms with Gasteiger partial charge in [-0.25, -0.2) is 0 Å². The van der Waals surface area contributed by atoms with Gasteiger partial charge in [0.1, 0.15) is 0 Å². The van der Waals surface area contributed by atoms with Crippen molar-refractivity contribution in [2.75, 3.05) is 6.54 Å². The molecule has 1 rings (SSSR count). The minimum Gasteiger partial charge on any atom is -0.388 e. The molecular formula is C14H24N2O2. The normalized spacial score (nSPS) is 22.8. The van der Waals surface area contributed by atoms with E-state index in [0.717, 1.165) is 12.8 Å². The molecule has 1 unspecified atom stereocenters. The second kappa shape index (κ2) is 5.73. The monoisotopic (exact) mass is 252 g/mol. The Hall–Kier alpha value is -1.05. The highest BCUT2D eigenvalue weighted by atomic mass is 16.3. The highest BCUT2D eigenvalue weighted by molar-refractivity contribution is 5.81. The van der Waals surface area contributed by atoms with Crippen molar-refractivity contribution in [2.24, 2.45) is 11.1 Å². The Morgan fingerprint density at radius 2 is 2.00 bits per heavy atom. The number of hydrogen-bond acceptors (Lipinski definition) is 3. The fourth-order valence-corrected chi connectivity index (χ4v) is 2.17. The molecule has 0 spiro atoms. The lowest BCUT2D eigenvalue weighted by Gasteiger charge is -2.40. The number of aliphatic hydroxyl groups is 1. The maximum absolute atomic E-state index is 11.6. The third-order valence-corrected chi connectivity index (χ3v) is 3.80. The van der Waals surface area contributed by atoms with Gasteiger partial charge >= 0.3 is 0 Å². The minimum atomic E-state index is -0.791. The molecule has 1 atom stereocenters. The van der Waals surface area contributed by atoms with E-state index in [9.17, 15) is 9.90 Å². The Kier molecular flexibility index (Phi) is 4.78. The number of hydrogen-bond donors (Lipinski definition) is 3. The Labute approximate surface area is 109 Å². The standard InChI is InChI=1S/C14H24N2O2/c1-4-5-11(15)12(17)16-10-14(18)8-6-13(2,3)7-9-14/h1,11,18H,5-10,15H2,2-3H3,(H,16,17). The molecule has 0 heterocycles. The first-order valence-corrected chi connectivity index (χ1v) is 6.47. The van der Waals surface area contributed by atoms with Crippen LogP contribution in [0.15, 0.2) is 0 Å². The molecule has 0 radical (unpaired) electrons. The third kappa shape index (κ3) is 4.32. The third-order valence-electron chi connectivity index (χ3n) is 3.80. The first-order valence-electron chi connectivity index (χ1n) is 6.47. The van der Waals surface area contributed by atoms with Crippen LogP contribution in [0.2, 0.25) is 0 Å². The second-order valence-corrected chi connectivity index (χ2v) is 6.12. The molecule has 0 aromatic heterocycles. The number of rotatable bonds is 4. The molecule has 1 saturated carbocycles. The molecule has 1 aliphatic rings. The van der Waals surface area contributed by atoms with Crippen LogP contribution in [0.3, 0.4) is 0 Å². The van der Waals surface area contributed by atoms with Crippen LogP contribution in [-0.4, -0.2) is 29.2 Å². The summed E-state index contributed by atoms with van der Waals surface area (Å²) in [5.41, 5.74) is 5.09. The highest BCUT2D eigenvalue weighted by Gasteiger charge is 2.36. The van der Waals surface area contributed by atoms with Gasteiger partial charge in [-0.2, -0.15) is 0 Å². The van der Waals surface area contributed by atoms with Crippen molar-refractivity contribution in [2.45, 2.75) is 57.6 Å². The van der Waals surface area contributed by atoms with Gasteiger partial charge in [0.25, 0.3) is 0 Å². The lowest BCUT2D eigenvalue weighted by Crippen LogP contribution is -2.50. The molecule has 102 valence electrons. The van der Waals surface area contributed by atoms with Crippen LogP contribution in [0.1, 0.15) is 46.0 Å². The minimum absolute atomic E-state index is 0.220. The van der Waals surface area contributed by atoms with Crippen LogP contribution in [0, 0.1) is 17.8 Å². The van der Waals surface area contributed by atoms with Crippen LogP contribution in [-0.2, 0) is 4.79 Å². The van der Waals surface area contributed by atoms with E-state index in [4.69, 9.17) is 12.2 Å². The van der Waals surface area contributed by atoms with Crippen LogP contribution in [0.5, 0.6) is 0 Å². The van der Waals surface area contributed by atoms with Crippen molar-refractivity contribution in [3.05, 3.63) is 0 Å². The Morgan fingerprint density at radius 3 is 2.50 bits per heavy atom. The molecule has 4 nitrogen and oxygen atoms in total. The Balaban J connectivity index is 2.40. The predicted molar refractivity (Wildman–Crippen MR) is 71.6 cm³/mol. The lowest BCUT2D eigenvalue weighted by atomic mass is 9.71. The number of nitrogens with two attached hydrogens (primary N) is 1. The Bertz CT molecular complexity index is 334. The average molecular weight is 252 g/mol. The van der Waals surface area contributed by atoms with Crippen LogP contribution in [0.4, 0.5) is 0 Å². The van der Waals surface area contributed by atoms with E-state index in [2.05, 4.69) is 25.1 Å². The van der Waals surface area contributed by atoms with Crippen molar-refractivity contribution >= 4 is 5.91 Å². The first-order chi connectivity index (χ1) is 8.28. The van der Waals surface area contributed by atoms with E-state index >= 15 is 0 Å². The average Bonchev–Trinajstić information content (AvgIpc) is 2.31. The molecule has 4 heteroatoms. The zero-order valence-electron chi connectivity index (χ0n) is 11.3. The fourth-order valence-electron chi connectivity index (χ4n) is 2.17. The summed E-state index contributed by atoms with van der Waals surface area (Å²) in [6, 6.07) is -0.682. The van der Waals surface area contributed by atoms with Gasteiger partial charge in [0.05, 0.1) is 11.6 Å². The van der Waals surface area contributed by atoms with E-state index in [1.807, 2.05) is 0 Å². The largest absolute Gasteiger partial charge is 0.388 e. The zero-order valence-corrected chi connectivity index (χ0v) is 11.3. The van der Waals surface area contributed by atoms with Gasteiger partial charge in [-0.3, -0.25) is 4.79 Å². The van der Waals surface area contributed by atoms with Gasteiger partial charge in [0.2, 0.25) is 5.91 Å². The summed E-state index contributed by atoms with van der Waals surface area (Å²) in [4.78, 5) is 11.6. The highest BCUT2D eigenvalue weighted by Crippen LogP contribution is 2.39. The van der Waals surface area contributed by atoms with Crippen LogP contribution < -0.4 is 11.1 Å². The lowest BCUT2D eigenvalue weighted by molar-refractivity contribution is -0.124. The van der Waals surface area contributed by atoms with Crippen molar-refractivity contribution in [1.82, 2.24) is 5.32 Å². The fraction of sp³-hybridized carbons (Fsp3) is 0.786. The van der Waals surface area contributed by atoms with Crippen molar-refractivity contribution in [1.29, 1.82) is 0 Å². The summed E-state index contributed by atoms with van der Waals surface area (Å²) in [5, 5.41) is 13.1. The van der Waals surface area contributed by atoms with E-state index in [0.29, 0.717) is 12.8 Å². The van der Waals surface area contributed by atoms with Gasteiger partial charge < -0.3 is 16.2 Å². The molecule has 1 aliphatic carbocycles. The number of carbonyl (C=O) groups excluding carboxylic acids is 1. The Morgan fingerprint density at radius 1 is 1.44 bits per heavy atom. The van der Waals surface area contributed by atoms with Gasteiger partial charge in [0, 0.05) is 13.0 Å². The number of terminal acetylenes is 1. The summed E-state index contributed by atoms with van der Waals surface area (Å²) in [6.45, 7) is 4.67. The number of carbonyl (C=O) groups is 1. The van der Waals surface area contributed by atoms with Gasteiger partial charge in [0.15, 0.2) is 0 Å². The first kappa shape index (κ1) is 15.0. The maximum Gasteiger partial charge on any atom is 0.238 e. The van der Waals surface area contributed by atoms with Gasteiger partial charge in [-0.1, -0.05) is 13.8 Å². The molecule has 0 aromatic rings. The van der Waals surface area contributed by atoms with E-state index in [-0.39, 0.29) is 24.3 Å². The zero-order chi connectivity index (χ0) is 13.8. The topological polar surface area (TPSA) is 75.4 Å². The summed E-state index contributed by atoms with van der Waals surface area (Å²) in [6.07, 6.45) is 8.68. The van der Waals surface area contributed by atoms with E-state index < -0.39 is 11.6 Å². The molecule has 18 heavy (non-hydrogen) atoms. The molecule has 0 saturated heterocycles. The molecule has 0 aliphatic heterocycles. The molecule has 0 aromatic carbocycles. The van der Waals surface area contributed by atoms with Crippen molar-refractivity contribution < 1.29 is 9.90 Å². The number of nitrogens with one attached hydrogen (secondary N) is 1. The smallest absolute Gasteiger partial charge is 0.238 e. The summed E-state index contributed by atoms with van der Waals surface area (Å²) in [5.74, 6) is 2.07. The summed E-state index contributed by atoms with van der Waals surface area (Å²) >= 11 is 0. The van der Waals surface area contributed by atoms with Crippen LogP contribution >= 0.6 is 0 Å². The molecule has 1 fully saturated rings. The molecular weight excluding hydrogens is 228 g/mol. The second-order valence-electron chi connectivity index (χ2n) is 6.12. The van der Waals surface area contributed by atoms with Gasteiger partial charge in [-0.15, -0.1) is 12.3 Å². The van der Waals surface area contributed by atoms with E-state index in [1.54, 1.807) is 0 Å². The van der Waals surface area contributed by atoms with Gasteiger partial charge in [-0.05, 0) is 31.1 Å². The molecule has 1 amide bonds. The predicted octanol–water partition coefficient (Wildman–Crippen LogP) is 0.784. The molecule has 4 N–H and O–H groups in total. The van der Waals surface area contributed by atoms with Crippen LogP contribution in [0.25, 0.3) is 0 Å². The quantitative estimate of drug-likeness (QED) is 0.647. The van der Waals surface area contributed by atoms with E-state index in [1.165, 1.54) is 0 Å². The number of amides is 1. The summed E-state index contributed by atoms with van der Waals surface area (Å²) < 4.78 is 0. The molecule has 0 bridgehead atoms.